The number of non-ortho nitro benzene ring substituents is 1. The summed E-state index contributed by atoms with van der Waals surface area (Å²) >= 11 is 0. The second-order valence-corrected chi connectivity index (χ2v) is 6.06. The van der Waals surface area contributed by atoms with E-state index in [0.29, 0.717) is 22.8 Å². The maximum absolute atomic E-state index is 10.8. The van der Waals surface area contributed by atoms with Crippen molar-refractivity contribution < 1.29 is 9.66 Å². The standard InChI is InChI=1S/C18H19N3O3/c1-11(2)13-4-7-15(8-5-13)24-12(3)18-19-16-9-6-14(21(22)23)10-17(16)20-18/h4-12H,1-3H3,(H,19,20)/t12-/m0/s1. The van der Waals surface area contributed by atoms with E-state index in [9.17, 15) is 10.1 Å². The first kappa shape index (κ1) is 16.0. The lowest BCUT2D eigenvalue weighted by atomic mass is 10.0. The molecule has 2 aromatic carbocycles. The first-order valence-corrected chi connectivity index (χ1v) is 7.84. The maximum atomic E-state index is 10.8. The second kappa shape index (κ2) is 6.31. The molecule has 6 heteroatoms. The lowest BCUT2D eigenvalue weighted by Gasteiger charge is -2.13. The van der Waals surface area contributed by atoms with Crippen molar-refractivity contribution in [2.75, 3.05) is 0 Å². The third kappa shape index (κ3) is 3.22. The molecule has 6 nitrogen and oxygen atoms in total. The number of nitrogens with zero attached hydrogens (tertiary/aromatic N) is 2. The fourth-order valence-electron chi connectivity index (χ4n) is 2.51. The molecule has 1 heterocycles. The molecule has 3 rings (SSSR count). The van der Waals surface area contributed by atoms with Gasteiger partial charge in [0.25, 0.3) is 5.69 Å². The van der Waals surface area contributed by atoms with Gasteiger partial charge >= 0.3 is 0 Å². The van der Waals surface area contributed by atoms with E-state index in [2.05, 4.69) is 35.9 Å². The summed E-state index contributed by atoms with van der Waals surface area (Å²) in [6.45, 7) is 6.18. The smallest absolute Gasteiger partial charge is 0.271 e. The molecule has 1 aromatic heterocycles. The van der Waals surface area contributed by atoms with E-state index in [1.165, 1.54) is 17.7 Å². The molecule has 124 valence electrons. The average Bonchev–Trinajstić information content (AvgIpc) is 2.98. The van der Waals surface area contributed by atoms with Gasteiger partial charge in [-0.3, -0.25) is 10.1 Å². The van der Waals surface area contributed by atoms with Crippen molar-refractivity contribution in [2.24, 2.45) is 0 Å². The molecule has 0 radical (unpaired) electrons. The molecule has 0 aliphatic heterocycles. The van der Waals surface area contributed by atoms with E-state index in [1.807, 2.05) is 19.1 Å². The van der Waals surface area contributed by atoms with Gasteiger partial charge in [-0.1, -0.05) is 26.0 Å². The predicted molar refractivity (Wildman–Crippen MR) is 92.3 cm³/mol. The van der Waals surface area contributed by atoms with Crippen LogP contribution in [0.3, 0.4) is 0 Å². The molecule has 1 atom stereocenters. The summed E-state index contributed by atoms with van der Waals surface area (Å²) < 4.78 is 5.91. The molecule has 0 fully saturated rings. The molecule has 0 saturated carbocycles. The first-order valence-electron chi connectivity index (χ1n) is 7.84. The highest BCUT2D eigenvalue weighted by atomic mass is 16.6. The van der Waals surface area contributed by atoms with Crippen LogP contribution in [0.2, 0.25) is 0 Å². The lowest BCUT2D eigenvalue weighted by Crippen LogP contribution is -2.05. The fourth-order valence-corrected chi connectivity index (χ4v) is 2.51. The minimum Gasteiger partial charge on any atom is -0.483 e. The van der Waals surface area contributed by atoms with Crippen LogP contribution in [0.1, 0.15) is 44.2 Å². The molecule has 0 aliphatic rings. The van der Waals surface area contributed by atoms with Gasteiger partial charge in [-0.2, -0.15) is 0 Å². The van der Waals surface area contributed by atoms with E-state index >= 15 is 0 Å². The van der Waals surface area contributed by atoms with Crippen molar-refractivity contribution in [3.05, 3.63) is 64.0 Å². The van der Waals surface area contributed by atoms with Gasteiger partial charge in [0.15, 0.2) is 6.10 Å². The summed E-state index contributed by atoms with van der Waals surface area (Å²) in [5.74, 6) is 1.87. The van der Waals surface area contributed by atoms with E-state index < -0.39 is 4.92 Å². The Hall–Kier alpha value is -2.89. The van der Waals surface area contributed by atoms with E-state index in [0.717, 1.165) is 5.75 Å². The average molecular weight is 325 g/mol. The zero-order chi connectivity index (χ0) is 17.3. The zero-order valence-electron chi connectivity index (χ0n) is 13.8. The monoisotopic (exact) mass is 325 g/mol. The van der Waals surface area contributed by atoms with E-state index in [-0.39, 0.29) is 11.8 Å². The minimum atomic E-state index is -0.420. The molecule has 3 aromatic rings. The maximum Gasteiger partial charge on any atom is 0.271 e. The number of aromatic nitrogens is 2. The SMILES string of the molecule is CC(C)c1ccc(O[C@@H](C)c2nc3ccc([N+](=O)[O-])cc3[nH]2)cc1. The van der Waals surface area contributed by atoms with Crippen molar-refractivity contribution >= 4 is 16.7 Å². The van der Waals surface area contributed by atoms with Gasteiger partial charge in [0, 0.05) is 12.1 Å². The molecule has 0 saturated heterocycles. The molecule has 0 spiro atoms. The number of aromatic amines is 1. The first-order chi connectivity index (χ1) is 11.4. The van der Waals surface area contributed by atoms with Crippen LogP contribution >= 0.6 is 0 Å². The van der Waals surface area contributed by atoms with Crippen LogP contribution in [0.15, 0.2) is 42.5 Å². The van der Waals surface area contributed by atoms with E-state index in [1.54, 1.807) is 6.07 Å². The van der Waals surface area contributed by atoms with Gasteiger partial charge in [0.2, 0.25) is 0 Å². The Morgan fingerprint density at radius 1 is 1.12 bits per heavy atom. The Morgan fingerprint density at radius 2 is 1.83 bits per heavy atom. The van der Waals surface area contributed by atoms with Crippen LogP contribution in [0.5, 0.6) is 5.75 Å². The summed E-state index contributed by atoms with van der Waals surface area (Å²) in [5, 5.41) is 10.8. The third-order valence-electron chi connectivity index (χ3n) is 3.94. The molecular formula is C18H19N3O3. The van der Waals surface area contributed by atoms with Crippen molar-refractivity contribution in [1.29, 1.82) is 0 Å². The minimum absolute atomic E-state index is 0.0375. The number of ether oxygens (including phenoxy) is 1. The number of fused-ring (bicyclic) bond motifs is 1. The summed E-state index contributed by atoms with van der Waals surface area (Å²) in [7, 11) is 0. The number of nitrogens with one attached hydrogen (secondary N) is 1. The van der Waals surface area contributed by atoms with Crippen LogP contribution in [-0.4, -0.2) is 14.9 Å². The van der Waals surface area contributed by atoms with Gasteiger partial charge in [-0.25, -0.2) is 4.98 Å². The number of hydrogen-bond acceptors (Lipinski definition) is 4. The molecule has 0 aliphatic carbocycles. The summed E-state index contributed by atoms with van der Waals surface area (Å²) in [6, 6.07) is 12.6. The molecule has 0 amide bonds. The van der Waals surface area contributed by atoms with Gasteiger partial charge in [-0.05, 0) is 36.6 Å². The summed E-state index contributed by atoms with van der Waals surface area (Å²) in [6.07, 6.45) is -0.290. The van der Waals surface area contributed by atoms with Crippen LogP contribution in [0.25, 0.3) is 11.0 Å². The molecular weight excluding hydrogens is 306 g/mol. The number of imidazole rings is 1. The number of nitro benzene ring substituents is 1. The Bertz CT molecular complexity index is 869. The molecule has 1 N–H and O–H groups in total. The van der Waals surface area contributed by atoms with Crippen LogP contribution in [0.4, 0.5) is 5.69 Å². The Balaban J connectivity index is 1.80. The second-order valence-electron chi connectivity index (χ2n) is 6.06. The number of rotatable bonds is 5. The lowest BCUT2D eigenvalue weighted by molar-refractivity contribution is -0.384. The van der Waals surface area contributed by atoms with Crippen LogP contribution in [-0.2, 0) is 0 Å². The van der Waals surface area contributed by atoms with Gasteiger partial charge in [0.05, 0.1) is 16.0 Å². The van der Waals surface area contributed by atoms with Crippen molar-refractivity contribution in [2.45, 2.75) is 32.8 Å². The Labute approximate surface area is 139 Å². The predicted octanol–water partition coefficient (Wildman–Crippen LogP) is 4.73. The number of hydrogen-bond donors (Lipinski definition) is 1. The van der Waals surface area contributed by atoms with Crippen molar-refractivity contribution in [3.63, 3.8) is 0 Å². The van der Waals surface area contributed by atoms with Crippen molar-refractivity contribution in [3.8, 4) is 5.75 Å². The Morgan fingerprint density at radius 3 is 2.46 bits per heavy atom. The molecule has 0 unspecified atom stereocenters. The summed E-state index contributed by atoms with van der Waals surface area (Å²) in [4.78, 5) is 18.0. The topological polar surface area (TPSA) is 81.1 Å². The van der Waals surface area contributed by atoms with Crippen molar-refractivity contribution in [1.82, 2.24) is 9.97 Å². The molecule has 0 bridgehead atoms. The van der Waals surface area contributed by atoms with Gasteiger partial charge < -0.3 is 9.72 Å². The van der Waals surface area contributed by atoms with Gasteiger partial charge in [0.1, 0.15) is 11.6 Å². The highest BCUT2D eigenvalue weighted by molar-refractivity contribution is 5.77. The Kier molecular flexibility index (Phi) is 4.20. The van der Waals surface area contributed by atoms with Crippen LogP contribution in [0, 0.1) is 10.1 Å². The largest absolute Gasteiger partial charge is 0.483 e. The number of H-pyrrole nitrogens is 1. The highest BCUT2D eigenvalue weighted by Gasteiger charge is 2.15. The number of nitro groups is 1. The highest BCUT2D eigenvalue weighted by Crippen LogP contribution is 2.25. The van der Waals surface area contributed by atoms with Gasteiger partial charge in [-0.15, -0.1) is 0 Å². The van der Waals surface area contributed by atoms with Crippen LogP contribution < -0.4 is 4.74 Å². The third-order valence-corrected chi connectivity index (χ3v) is 3.94. The fraction of sp³-hybridized carbons (Fsp3) is 0.278. The molecule has 24 heavy (non-hydrogen) atoms. The normalized spacial score (nSPS) is 12.5. The zero-order valence-corrected chi connectivity index (χ0v) is 13.8. The quantitative estimate of drug-likeness (QED) is 0.543. The van der Waals surface area contributed by atoms with E-state index in [4.69, 9.17) is 4.74 Å². The summed E-state index contributed by atoms with van der Waals surface area (Å²) in [5.41, 5.74) is 2.60. The number of benzene rings is 2.